The summed E-state index contributed by atoms with van der Waals surface area (Å²) in [6.07, 6.45) is -0.0521. The Morgan fingerprint density at radius 2 is 1.68 bits per heavy atom. The van der Waals surface area contributed by atoms with E-state index in [4.69, 9.17) is 4.74 Å². The van der Waals surface area contributed by atoms with Crippen LogP contribution in [0.4, 0.5) is 10.1 Å². The summed E-state index contributed by atoms with van der Waals surface area (Å²) < 4.78 is 19.9. The van der Waals surface area contributed by atoms with Crippen LogP contribution in [0.3, 0.4) is 0 Å². The Bertz CT molecular complexity index is 1350. The van der Waals surface area contributed by atoms with Crippen molar-refractivity contribution in [1.82, 2.24) is 4.90 Å². The van der Waals surface area contributed by atoms with E-state index in [0.29, 0.717) is 22.5 Å². The fraction of sp³-hybridized carbons (Fsp3) is 0.233. The van der Waals surface area contributed by atoms with Crippen molar-refractivity contribution < 1.29 is 23.5 Å². The first-order valence-electron chi connectivity index (χ1n) is 12.2. The van der Waals surface area contributed by atoms with Gasteiger partial charge in [0.15, 0.2) is 0 Å². The third-order valence-electron chi connectivity index (χ3n) is 6.47. The van der Waals surface area contributed by atoms with Crippen LogP contribution in [0.15, 0.2) is 84.1 Å². The van der Waals surface area contributed by atoms with E-state index in [1.54, 1.807) is 56.3 Å². The standard InChI is InChI=1S/C30H29FN2O4/c1-4-37-30(36)28-20(3)33(27(34)17-25(28)24-7-5-6-8-26(24)31)18-21-11-13-22(14-12-21)29(35)32-23-15-9-19(2)10-16-23/h5-16,25H,4,17-18H2,1-3H3,(H,32,35). The van der Waals surface area contributed by atoms with Crippen LogP contribution in [-0.2, 0) is 20.9 Å². The topological polar surface area (TPSA) is 75.7 Å². The molecule has 7 heteroatoms. The number of benzene rings is 3. The van der Waals surface area contributed by atoms with Crippen molar-refractivity contribution in [3.63, 3.8) is 0 Å². The fourth-order valence-electron chi connectivity index (χ4n) is 4.48. The number of esters is 1. The molecule has 37 heavy (non-hydrogen) atoms. The Morgan fingerprint density at radius 1 is 1.00 bits per heavy atom. The molecule has 0 bridgehead atoms. The first-order chi connectivity index (χ1) is 17.8. The molecule has 2 amide bonds. The second kappa shape index (κ2) is 11.2. The van der Waals surface area contributed by atoms with Gasteiger partial charge in [0.2, 0.25) is 5.91 Å². The molecule has 1 heterocycles. The Kier molecular flexibility index (Phi) is 7.82. The van der Waals surface area contributed by atoms with Gasteiger partial charge in [-0.2, -0.15) is 0 Å². The van der Waals surface area contributed by atoms with E-state index in [0.717, 1.165) is 11.1 Å². The summed E-state index contributed by atoms with van der Waals surface area (Å²) in [5.41, 5.74) is 4.08. The van der Waals surface area contributed by atoms with E-state index in [-0.39, 0.29) is 37.0 Å². The Labute approximate surface area is 215 Å². The molecule has 1 aliphatic heterocycles. The Balaban J connectivity index is 1.57. The highest BCUT2D eigenvalue weighted by Gasteiger charge is 2.37. The lowest BCUT2D eigenvalue weighted by Crippen LogP contribution is -2.38. The molecule has 0 aliphatic carbocycles. The van der Waals surface area contributed by atoms with Gasteiger partial charge >= 0.3 is 5.97 Å². The maximum absolute atomic E-state index is 14.6. The van der Waals surface area contributed by atoms with Crippen molar-refractivity contribution >= 4 is 23.5 Å². The lowest BCUT2D eigenvalue weighted by Gasteiger charge is -2.34. The summed E-state index contributed by atoms with van der Waals surface area (Å²) in [7, 11) is 0. The first kappa shape index (κ1) is 25.8. The molecule has 1 aliphatic rings. The van der Waals surface area contributed by atoms with E-state index >= 15 is 0 Å². The van der Waals surface area contributed by atoms with Crippen molar-refractivity contribution in [3.8, 4) is 0 Å². The number of rotatable bonds is 7. The van der Waals surface area contributed by atoms with Gasteiger partial charge in [-0.3, -0.25) is 9.59 Å². The molecule has 3 aromatic rings. The minimum atomic E-state index is -0.725. The monoisotopic (exact) mass is 500 g/mol. The minimum absolute atomic E-state index is 0.0521. The molecule has 3 aromatic carbocycles. The van der Waals surface area contributed by atoms with Gasteiger partial charge in [0, 0.05) is 29.3 Å². The summed E-state index contributed by atoms with van der Waals surface area (Å²) in [6.45, 7) is 5.73. The number of halogens is 1. The summed E-state index contributed by atoms with van der Waals surface area (Å²) in [5.74, 6) is -2.22. The van der Waals surface area contributed by atoms with E-state index in [1.165, 1.54) is 11.0 Å². The van der Waals surface area contributed by atoms with Crippen LogP contribution in [0.1, 0.15) is 53.2 Å². The number of allylic oxidation sites excluding steroid dienone is 1. The van der Waals surface area contributed by atoms with Crippen molar-refractivity contribution in [2.75, 3.05) is 11.9 Å². The lowest BCUT2D eigenvalue weighted by molar-refractivity contribution is -0.140. The Morgan fingerprint density at radius 3 is 2.32 bits per heavy atom. The highest BCUT2D eigenvalue weighted by atomic mass is 19.1. The minimum Gasteiger partial charge on any atom is -0.463 e. The molecular formula is C30H29FN2O4. The van der Waals surface area contributed by atoms with Crippen LogP contribution in [-0.4, -0.2) is 29.3 Å². The van der Waals surface area contributed by atoms with Crippen LogP contribution in [0, 0.1) is 12.7 Å². The molecule has 0 fully saturated rings. The van der Waals surface area contributed by atoms with Gasteiger partial charge in [-0.15, -0.1) is 0 Å². The van der Waals surface area contributed by atoms with Gasteiger partial charge in [0.05, 0.1) is 18.7 Å². The molecule has 0 radical (unpaired) electrons. The van der Waals surface area contributed by atoms with Crippen LogP contribution in [0.5, 0.6) is 0 Å². The Hall–Kier alpha value is -4.26. The zero-order valence-electron chi connectivity index (χ0n) is 21.1. The number of nitrogens with zero attached hydrogens (tertiary/aromatic N) is 1. The highest BCUT2D eigenvalue weighted by Crippen LogP contribution is 2.38. The molecule has 1 N–H and O–H groups in total. The number of anilines is 1. The summed E-state index contributed by atoms with van der Waals surface area (Å²) in [5, 5.41) is 2.86. The number of carbonyl (C=O) groups is 3. The number of ether oxygens (including phenoxy) is 1. The second-order valence-electron chi connectivity index (χ2n) is 8.99. The highest BCUT2D eigenvalue weighted by molar-refractivity contribution is 6.04. The van der Waals surface area contributed by atoms with Gasteiger partial charge < -0.3 is 15.0 Å². The zero-order valence-corrected chi connectivity index (χ0v) is 21.1. The van der Waals surface area contributed by atoms with E-state index in [1.807, 2.05) is 31.2 Å². The predicted molar refractivity (Wildman–Crippen MR) is 139 cm³/mol. The maximum Gasteiger partial charge on any atom is 0.336 e. The molecule has 0 spiro atoms. The van der Waals surface area contributed by atoms with Crippen LogP contribution in [0.2, 0.25) is 0 Å². The molecule has 0 aromatic heterocycles. The number of hydrogen-bond donors (Lipinski definition) is 1. The van der Waals surface area contributed by atoms with Gasteiger partial charge in [0.1, 0.15) is 5.82 Å². The van der Waals surface area contributed by atoms with Crippen molar-refractivity contribution in [2.45, 2.75) is 39.7 Å². The third kappa shape index (κ3) is 5.77. The quantitative estimate of drug-likeness (QED) is 0.420. The van der Waals surface area contributed by atoms with E-state index in [9.17, 15) is 18.8 Å². The SMILES string of the molecule is CCOC(=O)C1=C(C)N(Cc2ccc(C(=O)Nc3ccc(C)cc3)cc2)C(=O)CC1c1ccccc1F. The van der Waals surface area contributed by atoms with Gasteiger partial charge in [-0.05, 0) is 62.2 Å². The summed E-state index contributed by atoms with van der Waals surface area (Å²) in [4.78, 5) is 40.2. The average molecular weight is 501 g/mol. The third-order valence-corrected chi connectivity index (χ3v) is 6.47. The normalized spacial score (nSPS) is 15.5. The summed E-state index contributed by atoms with van der Waals surface area (Å²) in [6, 6.07) is 20.6. The molecule has 0 saturated heterocycles. The number of hydrogen-bond acceptors (Lipinski definition) is 4. The molecule has 4 rings (SSSR count). The average Bonchev–Trinajstić information content (AvgIpc) is 2.88. The van der Waals surface area contributed by atoms with Crippen LogP contribution >= 0.6 is 0 Å². The summed E-state index contributed by atoms with van der Waals surface area (Å²) >= 11 is 0. The number of amides is 2. The zero-order chi connectivity index (χ0) is 26.5. The lowest BCUT2D eigenvalue weighted by atomic mass is 9.83. The molecular weight excluding hydrogens is 471 g/mol. The molecule has 1 atom stereocenters. The number of aryl methyl sites for hydroxylation is 1. The van der Waals surface area contributed by atoms with Gasteiger partial charge in [-0.1, -0.05) is 48.0 Å². The molecule has 190 valence electrons. The smallest absolute Gasteiger partial charge is 0.336 e. The van der Waals surface area contributed by atoms with E-state index < -0.39 is 17.7 Å². The maximum atomic E-state index is 14.6. The number of carbonyl (C=O) groups excluding carboxylic acids is 3. The first-order valence-corrected chi connectivity index (χ1v) is 12.2. The van der Waals surface area contributed by atoms with Crippen molar-refractivity contribution in [1.29, 1.82) is 0 Å². The van der Waals surface area contributed by atoms with Crippen LogP contribution in [0.25, 0.3) is 0 Å². The molecule has 0 saturated carbocycles. The largest absolute Gasteiger partial charge is 0.463 e. The second-order valence-corrected chi connectivity index (χ2v) is 8.99. The van der Waals surface area contributed by atoms with Crippen molar-refractivity contribution in [2.24, 2.45) is 0 Å². The number of nitrogens with one attached hydrogen (secondary N) is 1. The van der Waals surface area contributed by atoms with Crippen LogP contribution < -0.4 is 5.32 Å². The van der Waals surface area contributed by atoms with Crippen molar-refractivity contribution in [3.05, 3.63) is 112 Å². The van der Waals surface area contributed by atoms with Gasteiger partial charge in [0.25, 0.3) is 5.91 Å². The molecule has 6 nitrogen and oxygen atoms in total. The van der Waals surface area contributed by atoms with Gasteiger partial charge in [-0.25, -0.2) is 9.18 Å². The van der Waals surface area contributed by atoms with E-state index in [2.05, 4.69) is 5.32 Å². The molecule has 1 unspecified atom stereocenters. The predicted octanol–water partition coefficient (Wildman–Crippen LogP) is 5.74. The fourth-order valence-corrected chi connectivity index (χ4v) is 4.48.